The second-order valence-corrected chi connectivity index (χ2v) is 3.78. The van der Waals surface area contributed by atoms with Crippen LogP contribution in [0.5, 0.6) is 0 Å². The van der Waals surface area contributed by atoms with Crippen molar-refractivity contribution in [3.05, 3.63) is 23.7 Å². The third-order valence-corrected chi connectivity index (χ3v) is 1.68. The van der Waals surface area contributed by atoms with Gasteiger partial charge in [0.1, 0.15) is 0 Å². The van der Waals surface area contributed by atoms with E-state index in [0.29, 0.717) is 0 Å². The van der Waals surface area contributed by atoms with Crippen LogP contribution in [0.25, 0.3) is 0 Å². The fraction of sp³-hybridized carbons (Fsp3) is 0.400. The van der Waals surface area contributed by atoms with Crippen LogP contribution < -0.4 is 0 Å². The molecule has 0 bridgehead atoms. The standard InChI is InChI=1S/2C5H2F6O2.Co/c2*6-4(7,8)2(12)1-3(13)5(9,10)11;/h2*1,12H;/b2*2-1-;. The SMILES string of the molecule is O=C(/C=C(\O)C(F)(F)F)C(F)(F)F.O=C(/C=C(\O)C(F)(F)F)C(F)(F)F.[Co]. The Bertz CT molecular complexity index is 527. The quantitative estimate of drug-likeness (QED) is 0.356. The van der Waals surface area contributed by atoms with Crippen LogP contribution in [0.15, 0.2) is 23.7 Å². The minimum atomic E-state index is -5.42. The Balaban J connectivity index is -0.000000411. The number of alkyl halides is 12. The van der Waals surface area contributed by atoms with E-state index in [1.807, 2.05) is 0 Å². The second-order valence-electron chi connectivity index (χ2n) is 3.78. The number of rotatable bonds is 2. The van der Waals surface area contributed by atoms with Crippen LogP contribution >= 0.6 is 0 Å². The van der Waals surface area contributed by atoms with Crippen LogP contribution in [0.3, 0.4) is 0 Å². The van der Waals surface area contributed by atoms with E-state index in [-0.39, 0.29) is 16.8 Å². The van der Waals surface area contributed by atoms with Crippen LogP contribution in [-0.4, -0.2) is 46.5 Å². The number of halogens is 12. The van der Waals surface area contributed by atoms with E-state index >= 15 is 0 Å². The molecule has 0 aromatic heterocycles. The Hall–Kier alpha value is -1.91. The van der Waals surface area contributed by atoms with Crippen LogP contribution in [0.1, 0.15) is 0 Å². The van der Waals surface area contributed by atoms with Gasteiger partial charge in [-0.05, 0) is 0 Å². The molecule has 2 N–H and O–H groups in total. The van der Waals surface area contributed by atoms with E-state index in [4.69, 9.17) is 10.2 Å². The number of ketones is 2. The minimum Gasteiger partial charge on any atom is -0.504 e. The molecule has 0 amide bonds. The molecule has 0 atom stereocenters. The van der Waals surface area contributed by atoms with Gasteiger partial charge in [-0.15, -0.1) is 0 Å². The van der Waals surface area contributed by atoms with Crippen LogP contribution in [0.2, 0.25) is 0 Å². The zero-order valence-corrected chi connectivity index (χ0v) is 12.8. The molecule has 0 saturated carbocycles. The maximum absolute atomic E-state index is 11.4. The third kappa shape index (κ3) is 13.0. The van der Waals surface area contributed by atoms with Crippen molar-refractivity contribution in [2.45, 2.75) is 24.7 Å². The molecular weight excluding hydrogens is 471 g/mol. The van der Waals surface area contributed by atoms with Crippen molar-refractivity contribution in [2.24, 2.45) is 0 Å². The summed E-state index contributed by atoms with van der Waals surface area (Å²) < 4.78 is 136. The van der Waals surface area contributed by atoms with Gasteiger partial charge >= 0.3 is 24.7 Å². The topological polar surface area (TPSA) is 74.6 Å². The van der Waals surface area contributed by atoms with E-state index in [2.05, 4.69) is 0 Å². The third-order valence-electron chi connectivity index (χ3n) is 1.68. The van der Waals surface area contributed by atoms with Crippen molar-refractivity contribution < 1.29 is 89.3 Å². The van der Waals surface area contributed by atoms with Crippen molar-refractivity contribution >= 4 is 11.6 Å². The molecule has 0 saturated heterocycles. The van der Waals surface area contributed by atoms with Gasteiger partial charge in [0, 0.05) is 28.9 Å². The molecule has 17 heteroatoms. The Kier molecular flexibility index (Phi) is 10.9. The van der Waals surface area contributed by atoms with E-state index in [9.17, 15) is 62.3 Å². The molecule has 161 valence electrons. The monoisotopic (exact) mass is 475 g/mol. The summed E-state index contributed by atoms with van der Waals surface area (Å²) in [7, 11) is 0. The molecule has 27 heavy (non-hydrogen) atoms. The van der Waals surface area contributed by atoms with Gasteiger partial charge < -0.3 is 10.2 Å². The number of carbonyl (C=O) groups excluding carboxylic acids is 2. The summed E-state index contributed by atoms with van der Waals surface area (Å²) in [5, 5.41) is 15.9. The fourth-order valence-corrected chi connectivity index (χ4v) is 0.576. The van der Waals surface area contributed by atoms with Crippen molar-refractivity contribution in [3.63, 3.8) is 0 Å². The van der Waals surface area contributed by atoms with Crippen LogP contribution in [0, 0.1) is 0 Å². The molecule has 0 unspecified atom stereocenters. The van der Waals surface area contributed by atoms with Crippen molar-refractivity contribution in [2.75, 3.05) is 0 Å². The van der Waals surface area contributed by atoms with E-state index in [0.717, 1.165) is 0 Å². The van der Waals surface area contributed by atoms with Gasteiger partial charge in [-0.1, -0.05) is 0 Å². The second kappa shape index (κ2) is 9.86. The first kappa shape index (κ1) is 29.8. The summed E-state index contributed by atoms with van der Waals surface area (Å²) in [4.78, 5) is 19.7. The number of carbonyl (C=O) groups is 2. The van der Waals surface area contributed by atoms with Crippen LogP contribution in [-0.2, 0) is 26.4 Å². The predicted molar refractivity (Wildman–Crippen MR) is 55.7 cm³/mol. The van der Waals surface area contributed by atoms with Gasteiger partial charge in [-0.3, -0.25) is 9.59 Å². The average molecular weight is 475 g/mol. The van der Waals surface area contributed by atoms with Gasteiger partial charge in [-0.2, -0.15) is 52.7 Å². The van der Waals surface area contributed by atoms with Gasteiger partial charge in [0.2, 0.25) is 11.5 Å². The van der Waals surface area contributed by atoms with E-state index in [1.165, 1.54) is 0 Å². The maximum atomic E-state index is 11.4. The van der Waals surface area contributed by atoms with Gasteiger partial charge in [-0.25, -0.2) is 0 Å². The van der Waals surface area contributed by atoms with Crippen molar-refractivity contribution in [3.8, 4) is 0 Å². The largest absolute Gasteiger partial charge is 0.504 e. The number of hydrogen-bond donors (Lipinski definition) is 2. The Morgan fingerprint density at radius 2 is 0.704 bits per heavy atom. The smallest absolute Gasteiger partial charge is 0.454 e. The van der Waals surface area contributed by atoms with Gasteiger partial charge in [0.15, 0.2) is 0 Å². The number of allylic oxidation sites excluding steroid dienone is 4. The van der Waals surface area contributed by atoms with Gasteiger partial charge in [0.05, 0.1) is 0 Å². The van der Waals surface area contributed by atoms with Crippen molar-refractivity contribution in [1.29, 1.82) is 0 Å². The Morgan fingerprint density at radius 3 is 0.815 bits per heavy atom. The number of hydrogen-bond acceptors (Lipinski definition) is 4. The normalized spacial score (nSPS) is 13.9. The molecule has 0 aromatic rings. The molecule has 1 radical (unpaired) electrons. The molecule has 0 aliphatic heterocycles. The van der Waals surface area contributed by atoms with Crippen LogP contribution in [0.4, 0.5) is 52.7 Å². The number of aliphatic hydroxyl groups is 2. The Labute approximate surface area is 150 Å². The molecule has 0 aliphatic rings. The number of aliphatic hydroxyl groups excluding tert-OH is 2. The molecule has 0 aromatic carbocycles. The van der Waals surface area contributed by atoms with E-state index < -0.39 is 59.9 Å². The summed E-state index contributed by atoms with van der Waals surface area (Å²) in [6.45, 7) is 0. The molecular formula is C10H4CoF12O4. The predicted octanol–water partition coefficient (Wildman–Crippen LogP) is 4.24. The summed E-state index contributed by atoms with van der Waals surface area (Å²) in [6, 6.07) is 0. The zero-order valence-electron chi connectivity index (χ0n) is 11.7. The summed E-state index contributed by atoms with van der Waals surface area (Å²) in [6.07, 6.45) is -23.4. The molecule has 4 nitrogen and oxygen atoms in total. The minimum absolute atomic E-state index is 0. The summed E-state index contributed by atoms with van der Waals surface area (Å²) in [5.74, 6) is -10.7. The molecule has 0 fully saturated rings. The Morgan fingerprint density at radius 1 is 0.519 bits per heavy atom. The van der Waals surface area contributed by atoms with Crippen molar-refractivity contribution in [1.82, 2.24) is 0 Å². The first-order valence-corrected chi connectivity index (χ1v) is 5.28. The summed E-state index contributed by atoms with van der Waals surface area (Å²) in [5.41, 5.74) is 0. The zero-order chi connectivity index (χ0) is 21.7. The molecule has 0 heterocycles. The molecule has 0 rings (SSSR count). The molecule has 0 aliphatic carbocycles. The van der Waals surface area contributed by atoms with E-state index in [1.54, 1.807) is 0 Å². The van der Waals surface area contributed by atoms with Gasteiger partial charge in [0.25, 0.3) is 11.6 Å². The fourth-order valence-electron chi connectivity index (χ4n) is 0.576. The first-order valence-electron chi connectivity index (χ1n) is 5.28. The first-order chi connectivity index (χ1) is 11.1. The maximum Gasteiger partial charge on any atom is 0.454 e. The molecule has 0 spiro atoms. The average Bonchev–Trinajstić information content (AvgIpc) is 2.34. The summed E-state index contributed by atoms with van der Waals surface area (Å²) >= 11 is 0.